The minimum atomic E-state index is -0.217. The van der Waals surface area contributed by atoms with Crippen LogP contribution < -0.4 is 11.1 Å². The number of benzene rings is 1. The van der Waals surface area contributed by atoms with Gasteiger partial charge in [-0.3, -0.25) is 9.59 Å². The van der Waals surface area contributed by atoms with Crippen LogP contribution in [0.25, 0.3) is 5.69 Å². The van der Waals surface area contributed by atoms with E-state index in [-0.39, 0.29) is 24.2 Å². The van der Waals surface area contributed by atoms with E-state index < -0.39 is 0 Å². The molecule has 0 unspecified atom stereocenters. The number of primary amides is 1. The predicted octanol–water partition coefficient (Wildman–Crippen LogP) is 3.04. The quantitative estimate of drug-likeness (QED) is 0.585. The number of hydrogen-bond acceptors (Lipinski definition) is 4. The van der Waals surface area contributed by atoms with Gasteiger partial charge >= 0.3 is 0 Å². The molecule has 1 fully saturated rings. The first-order valence-electron chi connectivity index (χ1n) is 10.5. The van der Waals surface area contributed by atoms with Crippen molar-refractivity contribution in [1.82, 2.24) is 20.0 Å². The molecule has 3 N–H and O–H groups in total. The van der Waals surface area contributed by atoms with Gasteiger partial charge in [-0.2, -0.15) is 5.10 Å². The van der Waals surface area contributed by atoms with Crippen LogP contribution in [0.5, 0.6) is 0 Å². The van der Waals surface area contributed by atoms with Gasteiger partial charge in [0.05, 0.1) is 33.8 Å². The van der Waals surface area contributed by atoms with Crippen molar-refractivity contribution >= 4 is 35.0 Å². The van der Waals surface area contributed by atoms with E-state index in [1.807, 2.05) is 19.9 Å². The molecule has 0 bridgehead atoms. The van der Waals surface area contributed by atoms with E-state index in [4.69, 9.17) is 28.9 Å². The summed E-state index contributed by atoms with van der Waals surface area (Å²) < 4.78 is 1.78. The van der Waals surface area contributed by atoms with Crippen molar-refractivity contribution in [2.45, 2.75) is 39.5 Å². The maximum absolute atomic E-state index is 12.5. The van der Waals surface area contributed by atoms with Crippen LogP contribution in [0.15, 0.2) is 18.2 Å². The highest BCUT2D eigenvalue weighted by Gasteiger charge is 2.23. The Morgan fingerprint density at radius 2 is 2.03 bits per heavy atom. The molecule has 9 heteroatoms. The van der Waals surface area contributed by atoms with Crippen molar-refractivity contribution in [3.63, 3.8) is 0 Å². The molecule has 7 nitrogen and oxygen atoms in total. The highest BCUT2D eigenvalue weighted by molar-refractivity contribution is 6.42. The average Bonchev–Trinajstić information content (AvgIpc) is 3.01. The van der Waals surface area contributed by atoms with Crippen LogP contribution in [0.3, 0.4) is 0 Å². The maximum atomic E-state index is 12.5. The van der Waals surface area contributed by atoms with Gasteiger partial charge in [-0.1, -0.05) is 23.2 Å². The summed E-state index contributed by atoms with van der Waals surface area (Å²) in [7, 11) is 0. The van der Waals surface area contributed by atoms with E-state index in [1.54, 1.807) is 16.8 Å². The first-order chi connectivity index (χ1) is 14.8. The first kappa shape index (κ1) is 23.6. The number of nitrogens with zero attached hydrogens (tertiary/aromatic N) is 3. The average molecular weight is 466 g/mol. The summed E-state index contributed by atoms with van der Waals surface area (Å²) in [5, 5.41) is 8.51. The molecule has 168 valence electrons. The highest BCUT2D eigenvalue weighted by atomic mass is 35.5. The lowest BCUT2D eigenvalue weighted by molar-refractivity contribution is -0.123. The fourth-order valence-corrected chi connectivity index (χ4v) is 4.34. The molecule has 1 aromatic heterocycles. The number of piperidine rings is 1. The van der Waals surface area contributed by atoms with Crippen LogP contribution in [0.2, 0.25) is 10.0 Å². The molecule has 0 spiro atoms. The van der Waals surface area contributed by atoms with Crippen molar-refractivity contribution in [3.05, 3.63) is 45.2 Å². The molecule has 0 aliphatic carbocycles. The number of nitrogens with one attached hydrogen (secondary N) is 1. The van der Waals surface area contributed by atoms with E-state index >= 15 is 0 Å². The van der Waals surface area contributed by atoms with Crippen molar-refractivity contribution < 1.29 is 9.59 Å². The molecule has 0 radical (unpaired) electrons. The molecule has 2 heterocycles. The third kappa shape index (κ3) is 5.99. The molecule has 1 saturated heterocycles. The van der Waals surface area contributed by atoms with Gasteiger partial charge in [0, 0.05) is 24.3 Å². The van der Waals surface area contributed by atoms with Crippen LogP contribution in [0, 0.1) is 19.8 Å². The number of amides is 2. The summed E-state index contributed by atoms with van der Waals surface area (Å²) in [6, 6.07) is 5.34. The molecule has 1 aliphatic rings. The summed E-state index contributed by atoms with van der Waals surface area (Å²) in [5.74, 6) is -0.306. The van der Waals surface area contributed by atoms with Gasteiger partial charge in [-0.25, -0.2) is 4.68 Å². The van der Waals surface area contributed by atoms with Gasteiger partial charge in [0.25, 0.3) is 0 Å². The summed E-state index contributed by atoms with van der Waals surface area (Å²) in [4.78, 5) is 26.1. The van der Waals surface area contributed by atoms with Crippen molar-refractivity contribution in [3.8, 4) is 5.69 Å². The van der Waals surface area contributed by atoms with Crippen molar-refractivity contribution in [1.29, 1.82) is 0 Å². The molecule has 1 atom stereocenters. The van der Waals surface area contributed by atoms with Gasteiger partial charge in [0.15, 0.2) is 0 Å². The Balaban J connectivity index is 1.51. The number of carbonyl (C=O) groups is 2. The molecular formula is C22H29Cl2N5O2. The number of hydrogen-bond donors (Lipinski definition) is 2. The number of rotatable bonds is 8. The standard InChI is InChI=1S/C22H29Cl2N5O2/c1-14-18(15(2)29(27-14)17-6-7-19(23)20(24)11-17)12-21(30)26-8-4-10-28-9-3-5-16(13-28)22(25)31/h6-7,11,16H,3-5,8-10,12-13H2,1-2H3,(H2,25,31)(H,26,30)/t16-/m0/s1. The summed E-state index contributed by atoms with van der Waals surface area (Å²) >= 11 is 12.1. The smallest absolute Gasteiger partial charge is 0.224 e. The molecule has 2 amide bonds. The largest absolute Gasteiger partial charge is 0.369 e. The second-order valence-corrected chi connectivity index (χ2v) is 8.90. The first-order valence-corrected chi connectivity index (χ1v) is 11.3. The van der Waals surface area contributed by atoms with Crippen molar-refractivity contribution in [2.24, 2.45) is 11.7 Å². The lowest BCUT2D eigenvalue weighted by atomic mass is 9.97. The zero-order valence-electron chi connectivity index (χ0n) is 18.0. The van der Waals surface area contributed by atoms with E-state index in [1.165, 1.54) is 0 Å². The Morgan fingerprint density at radius 3 is 2.74 bits per heavy atom. The fraction of sp³-hybridized carbons (Fsp3) is 0.500. The predicted molar refractivity (Wildman–Crippen MR) is 123 cm³/mol. The minimum Gasteiger partial charge on any atom is -0.369 e. The van der Waals surface area contributed by atoms with Crippen molar-refractivity contribution in [2.75, 3.05) is 26.2 Å². The van der Waals surface area contributed by atoms with E-state index in [9.17, 15) is 9.59 Å². The molecule has 0 saturated carbocycles. The zero-order chi connectivity index (χ0) is 22.5. The normalized spacial score (nSPS) is 17.0. The van der Waals surface area contributed by atoms with Crippen LogP contribution in [0.1, 0.15) is 36.2 Å². The van der Waals surface area contributed by atoms with Gasteiger partial charge < -0.3 is 16.0 Å². The Kier molecular flexibility index (Phi) is 7.97. The maximum Gasteiger partial charge on any atom is 0.224 e. The number of nitrogens with two attached hydrogens (primary N) is 1. The molecule has 1 aromatic carbocycles. The van der Waals surface area contributed by atoms with Gasteiger partial charge in [-0.05, 0) is 64.4 Å². The molecule has 3 rings (SSSR count). The van der Waals surface area contributed by atoms with Crippen LogP contribution in [-0.2, 0) is 16.0 Å². The summed E-state index contributed by atoms with van der Waals surface area (Å²) in [6.45, 7) is 6.97. The van der Waals surface area contributed by atoms with Gasteiger partial charge in [0.1, 0.15) is 0 Å². The third-order valence-electron chi connectivity index (χ3n) is 5.81. The van der Waals surface area contributed by atoms with Crippen LogP contribution >= 0.6 is 23.2 Å². The number of halogens is 2. The Bertz CT molecular complexity index is 960. The molecule has 2 aromatic rings. The SMILES string of the molecule is Cc1nn(-c2ccc(Cl)c(Cl)c2)c(C)c1CC(=O)NCCCN1CCC[C@H](C(N)=O)C1. The Hall–Kier alpha value is -2.09. The second-order valence-electron chi connectivity index (χ2n) is 8.08. The summed E-state index contributed by atoms with van der Waals surface area (Å²) in [6.07, 6.45) is 2.96. The molecule has 1 aliphatic heterocycles. The van der Waals surface area contributed by atoms with E-state index in [0.29, 0.717) is 16.6 Å². The lowest BCUT2D eigenvalue weighted by Gasteiger charge is -2.31. The third-order valence-corrected chi connectivity index (χ3v) is 6.55. The second kappa shape index (κ2) is 10.5. The number of carbonyl (C=O) groups excluding carboxylic acids is 2. The lowest BCUT2D eigenvalue weighted by Crippen LogP contribution is -2.42. The van der Waals surface area contributed by atoms with E-state index in [0.717, 1.165) is 61.5 Å². The van der Waals surface area contributed by atoms with Gasteiger partial charge in [-0.15, -0.1) is 0 Å². The molecular weight excluding hydrogens is 437 g/mol. The Morgan fingerprint density at radius 1 is 1.26 bits per heavy atom. The van der Waals surface area contributed by atoms with Crippen LogP contribution in [0.4, 0.5) is 0 Å². The highest BCUT2D eigenvalue weighted by Crippen LogP contribution is 2.26. The van der Waals surface area contributed by atoms with Crippen LogP contribution in [-0.4, -0.2) is 52.7 Å². The number of aryl methyl sites for hydroxylation is 1. The molecule has 31 heavy (non-hydrogen) atoms. The summed E-state index contributed by atoms with van der Waals surface area (Å²) in [5.41, 5.74) is 8.85. The number of aromatic nitrogens is 2. The minimum absolute atomic E-state index is 0.0338. The monoisotopic (exact) mass is 465 g/mol. The topological polar surface area (TPSA) is 93.2 Å². The Labute approximate surface area is 192 Å². The number of likely N-dealkylation sites (tertiary alicyclic amines) is 1. The van der Waals surface area contributed by atoms with E-state index in [2.05, 4.69) is 15.3 Å². The fourth-order valence-electron chi connectivity index (χ4n) is 4.04. The van der Waals surface area contributed by atoms with Gasteiger partial charge in [0.2, 0.25) is 11.8 Å². The zero-order valence-corrected chi connectivity index (χ0v) is 19.5.